The van der Waals surface area contributed by atoms with Crippen LogP contribution in [0.15, 0.2) is 12.2 Å². The summed E-state index contributed by atoms with van der Waals surface area (Å²) in [4.78, 5) is 49.8. The zero-order chi connectivity index (χ0) is 30.3. The number of hydrogen-bond acceptors (Lipinski definition) is 11. The van der Waals surface area contributed by atoms with Crippen LogP contribution in [0.5, 0.6) is 0 Å². The first-order chi connectivity index (χ1) is 16.8. The van der Waals surface area contributed by atoms with Crippen LogP contribution in [0.2, 0.25) is 0 Å². The Hall–Kier alpha value is -2.34. The van der Waals surface area contributed by atoms with Gasteiger partial charge in [0, 0.05) is 17.4 Å². The molecule has 0 radical (unpaired) electrons. The first-order valence-electron chi connectivity index (χ1n) is 12.5. The number of ketones is 1. The van der Waals surface area contributed by atoms with E-state index >= 15 is 0 Å². The average molecular weight is 546 g/mol. The molecule has 11 heteroatoms. The van der Waals surface area contributed by atoms with E-state index in [1.54, 1.807) is 41.5 Å². The molecule has 0 heterocycles. The Bertz CT molecular complexity index is 879. The van der Waals surface area contributed by atoms with E-state index in [1.165, 1.54) is 6.92 Å². The van der Waals surface area contributed by atoms with Gasteiger partial charge < -0.3 is 34.9 Å². The smallest absolute Gasteiger partial charge is 0.341 e. The van der Waals surface area contributed by atoms with Crippen molar-refractivity contribution in [3.8, 4) is 0 Å². The molecule has 0 aliphatic carbocycles. The van der Waals surface area contributed by atoms with Crippen molar-refractivity contribution in [2.24, 2.45) is 11.1 Å². The fourth-order valence-electron chi connectivity index (χ4n) is 3.21. The van der Waals surface area contributed by atoms with E-state index in [4.69, 9.17) is 24.7 Å². The van der Waals surface area contributed by atoms with Crippen LogP contribution in [-0.4, -0.2) is 69.3 Å². The Morgan fingerprint density at radius 2 is 1.45 bits per heavy atom. The van der Waals surface area contributed by atoms with E-state index in [1.807, 2.05) is 20.8 Å². The molecule has 3 unspecified atom stereocenters. The van der Waals surface area contributed by atoms with Crippen LogP contribution in [0.1, 0.15) is 94.9 Å². The predicted octanol–water partition coefficient (Wildman–Crippen LogP) is 2.69. The molecule has 0 aromatic heterocycles. The minimum Gasteiger partial charge on any atom is -0.460 e. The lowest BCUT2D eigenvalue weighted by atomic mass is 9.82. The predicted molar refractivity (Wildman–Crippen MR) is 139 cm³/mol. The van der Waals surface area contributed by atoms with Gasteiger partial charge in [-0.2, -0.15) is 0 Å². The molecule has 0 bridgehead atoms. The topological polar surface area (TPSA) is 172 Å². The van der Waals surface area contributed by atoms with Crippen LogP contribution in [0.3, 0.4) is 0 Å². The van der Waals surface area contributed by atoms with E-state index in [2.05, 4.69) is 6.58 Å². The van der Waals surface area contributed by atoms with Crippen molar-refractivity contribution in [2.75, 3.05) is 6.61 Å². The normalized spacial score (nSPS) is 16.4. The van der Waals surface area contributed by atoms with Crippen molar-refractivity contribution in [1.82, 2.24) is 0 Å². The number of carbonyl (C=O) groups excluding carboxylic acids is 4. The zero-order valence-corrected chi connectivity index (χ0v) is 24.6. The largest absolute Gasteiger partial charge is 0.460 e. The molecule has 0 spiro atoms. The lowest BCUT2D eigenvalue weighted by Crippen LogP contribution is -2.49. The van der Waals surface area contributed by atoms with Crippen molar-refractivity contribution in [1.29, 1.82) is 0 Å². The third-order valence-electron chi connectivity index (χ3n) is 5.21. The van der Waals surface area contributed by atoms with E-state index in [0.29, 0.717) is 12.8 Å². The van der Waals surface area contributed by atoms with Crippen molar-refractivity contribution >= 4 is 23.7 Å². The van der Waals surface area contributed by atoms with Gasteiger partial charge in [0.2, 0.25) is 6.29 Å². The number of nitrogens with two attached hydrogens (primary N) is 1. The Morgan fingerprint density at radius 1 is 0.921 bits per heavy atom. The lowest BCUT2D eigenvalue weighted by molar-refractivity contribution is -0.202. The average Bonchev–Trinajstić information content (AvgIpc) is 2.67. The summed E-state index contributed by atoms with van der Waals surface area (Å²) in [5.41, 5.74) is 0.125. The van der Waals surface area contributed by atoms with E-state index in [-0.39, 0.29) is 5.57 Å². The van der Waals surface area contributed by atoms with Crippen molar-refractivity contribution in [3.05, 3.63) is 12.2 Å². The molecule has 0 aromatic carbocycles. The highest BCUT2D eigenvalue weighted by Gasteiger charge is 2.46. The van der Waals surface area contributed by atoms with Gasteiger partial charge in [-0.1, -0.05) is 27.4 Å². The van der Waals surface area contributed by atoms with Crippen molar-refractivity contribution in [3.63, 3.8) is 0 Å². The molecule has 0 saturated carbocycles. The third-order valence-corrected chi connectivity index (χ3v) is 5.21. The highest BCUT2D eigenvalue weighted by atomic mass is 16.7. The number of carbonyl (C=O) groups is 4. The summed E-state index contributed by atoms with van der Waals surface area (Å²) < 4.78 is 20.9. The molecule has 3 atom stereocenters. The number of aliphatic hydroxyl groups is 2. The molecule has 0 aliphatic heterocycles. The molecule has 0 aromatic rings. The van der Waals surface area contributed by atoms with Gasteiger partial charge in [0.05, 0.1) is 12.0 Å². The molecule has 0 fully saturated rings. The van der Waals surface area contributed by atoms with E-state index in [9.17, 15) is 29.4 Å². The van der Waals surface area contributed by atoms with Crippen LogP contribution < -0.4 is 5.73 Å². The minimum atomic E-state index is -2.64. The second-order valence-electron chi connectivity index (χ2n) is 12.6. The second kappa shape index (κ2) is 13.1. The van der Waals surface area contributed by atoms with Gasteiger partial charge in [0.25, 0.3) is 0 Å². The standard InChI is InChI=1S/C27H47NO10/c1-17(2)21(32)35-16-20(31)36-22(33)27(34,14-18(29)23(3,4)5)15-19(30)37-25(9,10)12-13-26(11,28)38-24(6,7)8/h20,31,34H,1,12-16,28H2,2-11H3. The van der Waals surface area contributed by atoms with Crippen molar-refractivity contribution in [2.45, 2.75) is 124 Å². The summed E-state index contributed by atoms with van der Waals surface area (Å²) in [5, 5.41) is 21.1. The second-order valence-corrected chi connectivity index (χ2v) is 12.6. The van der Waals surface area contributed by atoms with Crippen LogP contribution in [0.4, 0.5) is 0 Å². The SMILES string of the molecule is C=C(C)C(=O)OCC(O)OC(=O)C(O)(CC(=O)OC(C)(C)CCC(C)(N)OC(C)(C)C)CC(=O)C(C)(C)C. The first-order valence-corrected chi connectivity index (χ1v) is 12.5. The van der Waals surface area contributed by atoms with Crippen LogP contribution in [0.25, 0.3) is 0 Å². The fraction of sp³-hybridized carbons (Fsp3) is 0.778. The monoisotopic (exact) mass is 545 g/mol. The molecule has 4 N–H and O–H groups in total. The maximum Gasteiger partial charge on any atom is 0.341 e. The maximum atomic E-state index is 12.8. The van der Waals surface area contributed by atoms with E-state index < -0.39 is 77.4 Å². The lowest BCUT2D eigenvalue weighted by Gasteiger charge is -2.36. The van der Waals surface area contributed by atoms with Gasteiger partial charge in [0.15, 0.2) is 12.2 Å². The Kier molecular flexibility index (Phi) is 12.3. The van der Waals surface area contributed by atoms with Gasteiger partial charge in [-0.15, -0.1) is 0 Å². The summed E-state index contributed by atoms with van der Waals surface area (Å²) in [5.74, 6) is -3.79. The minimum absolute atomic E-state index is 0.0566. The maximum absolute atomic E-state index is 12.8. The van der Waals surface area contributed by atoms with Gasteiger partial charge in [0.1, 0.15) is 17.1 Å². The number of rotatable bonds is 14. The summed E-state index contributed by atoms with van der Waals surface area (Å²) in [6, 6.07) is 0. The highest BCUT2D eigenvalue weighted by Crippen LogP contribution is 2.29. The molecule has 0 rings (SSSR count). The summed E-state index contributed by atoms with van der Waals surface area (Å²) in [7, 11) is 0. The molecular formula is C27H47NO10. The quantitative estimate of drug-likeness (QED) is 0.127. The summed E-state index contributed by atoms with van der Waals surface area (Å²) in [6.45, 7) is 19.3. The Labute approximate surface area is 226 Å². The Morgan fingerprint density at radius 3 is 1.89 bits per heavy atom. The van der Waals surface area contributed by atoms with Crippen LogP contribution in [-0.2, 0) is 38.1 Å². The number of hydrogen-bond donors (Lipinski definition) is 3. The molecule has 11 nitrogen and oxygen atoms in total. The van der Waals surface area contributed by atoms with Gasteiger partial charge in [-0.05, 0) is 61.3 Å². The molecule has 38 heavy (non-hydrogen) atoms. The number of aliphatic hydroxyl groups excluding tert-OH is 1. The zero-order valence-electron chi connectivity index (χ0n) is 24.6. The molecular weight excluding hydrogens is 498 g/mol. The third kappa shape index (κ3) is 14.0. The fourth-order valence-corrected chi connectivity index (χ4v) is 3.21. The summed E-state index contributed by atoms with van der Waals surface area (Å²) >= 11 is 0. The van der Waals surface area contributed by atoms with Gasteiger partial charge >= 0.3 is 17.9 Å². The first kappa shape index (κ1) is 35.7. The Balaban J connectivity index is 5.54. The highest BCUT2D eigenvalue weighted by molar-refractivity contribution is 5.94. The van der Waals surface area contributed by atoms with Crippen LogP contribution >= 0.6 is 0 Å². The summed E-state index contributed by atoms with van der Waals surface area (Å²) in [6.07, 6.45) is -3.04. The van der Waals surface area contributed by atoms with Gasteiger partial charge in [-0.25, -0.2) is 9.59 Å². The van der Waals surface area contributed by atoms with Gasteiger partial charge in [-0.3, -0.25) is 9.59 Å². The van der Waals surface area contributed by atoms with Crippen LogP contribution in [0, 0.1) is 5.41 Å². The number of esters is 3. The molecule has 0 amide bonds. The number of ether oxygens (including phenoxy) is 4. The van der Waals surface area contributed by atoms with Crippen molar-refractivity contribution < 1.29 is 48.3 Å². The number of Topliss-reactive ketones (excluding diaryl/α,β-unsaturated/α-hetero) is 1. The molecule has 220 valence electrons. The molecule has 0 aliphatic rings. The molecule has 0 saturated heterocycles. The van der Waals surface area contributed by atoms with E-state index in [0.717, 1.165) is 0 Å².